The number of carbonyl (C=O) groups is 1. The van der Waals surface area contributed by atoms with Gasteiger partial charge >= 0.3 is 0 Å². The number of hydrogen-bond donors (Lipinski definition) is 2. The zero-order chi connectivity index (χ0) is 16.3. The molecule has 1 aromatic rings. The summed E-state index contributed by atoms with van der Waals surface area (Å²) in [6.07, 6.45) is 0. The standard InChI is InChI=1S/C14H22N2O4S/c1-5-15-21(19,20)12-8-6-11(7-9-12)13(17)16(4)10-14(2,3)18/h6-9,15,18H,5,10H2,1-4H3. The number of nitrogens with zero attached hydrogens (tertiary/aromatic N) is 1. The smallest absolute Gasteiger partial charge is 0.253 e. The third-order valence-electron chi connectivity index (χ3n) is 2.72. The van der Waals surface area contributed by atoms with Crippen LogP contribution in [0.1, 0.15) is 31.1 Å². The lowest BCUT2D eigenvalue weighted by atomic mass is 10.1. The highest BCUT2D eigenvalue weighted by atomic mass is 32.2. The Hall–Kier alpha value is -1.44. The number of sulfonamides is 1. The van der Waals surface area contributed by atoms with Gasteiger partial charge in [0.05, 0.1) is 10.5 Å². The van der Waals surface area contributed by atoms with Crippen molar-refractivity contribution in [1.82, 2.24) is 9.62 Å². The Bertz CT molecular complexity index is 588. The van der Waals surface area contributed by atoms with Crippen molar-refractivity contribution >= 4 is 15.9 Å². The summed E-state index contributed by atoms with van der Waals surface area (Å²) in [4.78, 5) is 13.7. The molecule has 0 bridgehead atoms. The van der Waals surface area contributed by atoms with Crippen LogP contribution in [-0.2, 0) is 10.0 Å². The fourth-order valence-electron chi connectivity index (χ4n) is 1.92. The van der Waals surface area contributed by atoms with Crippen molar-refractivity contribution in [2.45, 2.75) is 31.3 Å². The maximum Gasteiger partial charge on any atom is 0.253 e. The molecule has 0 fully saturated rings. The van der Waals surface area contributed by atoms with Crippen LogP contribution in [0.5, 0.6) is 0 Å². The maximum absolute atomic E-state index is 12.2. The normalized spacial score (nSPS) is 12.2. The molecule has 0 atom stereocenters. The first-order valence-electron chi connectivity index (χ1n) is 6.64. The van der Waals surface area contributed by atoms with Crippen LogP contribution in [0.4, 0.5) is 0 Å². The average molecular weight is 314 g/mol. The van der Waals surface area contributed by atoms with Gasteiger partial charge in [0, 0.05) is 25.7 Å². The van der Waals surface area contributed by atoms with E-state index in [1.165, 1.54) is 29.2 Å². The molecule has 0 heterocycles. The molecule has 7 heteroatoms. The van der Waals surface area contributed by atoms with Crippen LogP contribution in [0.25, 0.3) is 0 Å². The van der Waals surface area contributed by atoms with E-state index in [-0.39, 0.29) is 17.3 Å². The number of benzene rings is 1. The topological polar surface area (TPSA) is 86.7 Å². The Balaban J connectivity index is 2.90. The van der Waals surface area contributed by atoms with Crippen molar-refractivity contribution < 1.29 is 18.3 Å². The predicted molar refractivity (Wildman–Crippen MR) is 80.6 cm³/mol. The summed E-state index contributed by atoms with van der Waals surface area (Å²) in [7, 11) is -1.93. The molecule has 0 aromatic heterocycles. The van der Waals surface area contributed by atoms with E-state index in [0.717, 1.165) is 0 Å². The highest BCUT2D eigenvalue weighted by Gasteiger charge is 2.21. The van der Waals surface area contributed by atoms with E-state index in [4.69, 9.17) is 0 Å². The van der Waals surface area contributed by atoms with E-state index in [2.05, 4.69) is 4.72 Å². The van der Waals surface area contributed by atoms with Gasteiger partial charge < -0.3 is 10.0 Å². The van der Waals surface area contributed by atoms with E-state index in [9.17, 15) is 18.3 Å². The van der Waals surface area contributed by atoms with Crippen molar-refractivity contribution in [2.24, 2.45) is 0 Å². The van der Waals surface area contributed by atoms with E-state index < -0.39 is 15.6 Å². The zero-order valence-corrected chi connectivity index (χ0v) is 13.6. The Morgan fingerprint density at radius 2 is 1.81 bits per heavy atom. The lowest BCUT2D eigenvalue weighted by molar-refractivity contribution is 0.0368. The monoisotopic (exact) mass is 314 g/mol. The molecule has 6 nitrogen and oxygen atoms in total. The first kappa shape index (κ1) is 17.6. The molecular formula is C14H22N2O4S. The van der Waals surface area contributed by atoms with Gasteiger partial charge in [-0.25, -0.2) is 13.1 Å². The van der Waals surface area contributed by atoms with Crippen LogP contribution in [0.3, 0.4) is 0 Å². The van der Waals surface area contributed by atoms with Gasteiger partial charge in [0.2, 0.25) is 10.0 Å². The minimum Gasteiger partial charge on any atom is -0.389 e. The van der Waals surface area contributed by atoms with E-state index in [1.54, 1.807) is 27.8 Å². The molecule has 0 saturated carbocycles. The average Bonchev–Trinajstić information content (AvgIpc) is 2.36. The molecule has 1 rings (SSSR count). The molecule has 118 valence electrons. The Morgan fingerprint density at radius 3 is 2.24 bits per heavy atom. The SMILES string of the molecule is CCNS(=O)(=O)c1ccc(C(=O)N(C)CC(C)(C)O)cc1. The Kier molecular flexibility index (Phi) is 5.49. The lowest BCUT2D eigenvalue weighted by Gasteiger charge is -2.25. The van der Waals surface area contributed by atoms with Crippen LogP contribution in [0.2, 0.25) is 0 Å². The van der Waals surface area contributed by atoms with Gasteiger partial charge in [-0.3, -0.25) is 4.79 Å². The lowest BCUT2D eigenvalue weighted by Crippen LogP contribution is -2.39. The molecule has 21 heavy (non-hydrogen) atoms. The maximum atomic E-state index is 12.2. The molecular weight excluding hydrogens is 292 g/mol. The molecule has 0 aliphatic carbocycles. The molecule has 0 aliphatic rings. The summed E-state index contributed by atoms with van der Waals surface area (Å²) in [5.41, 5.74) is -0.615. The first-order chi connectivity index (χ1) is 9.57. The largest absolute Gasteiger partial charge is 0.389 e. The van der Waals surface area contributed by atoms with Gasteiger partial charge in [0.25, 0.3) is 5.91 Å². The van der Waals surface area contributed by atoms with Crippen molar-refractivity contribution in [3.8, 4) is 0 Å². The van der Waals surface area contributed by atoms with Crippen molar-refractivity contribution in [3.63, 3.8) is 0 Å². The summed E-state index contributed by atoms with van der Waals surface area (Å²) >= 11 is 0. The molecule has 1 aromatic carbocycles. The predicted octanol–water partition coefficient (Wildman–Crippen LogP) is 0.828. The minimum absolute atomic E-state index is 0.117. The highest BCUT2D eigenvalue weighted by Crippen LogP contribution is 2.13. The molecule has 1 amide bonds. The number of hydrogen-bond acceptors (Lipinski definition) is 4. The van der Waals surface area contributed by atoms with E-state index in [0.29, 0.717) is 12.1 Å². The number of amides is 1. The fourth-order valence-corrected chi connectivity index (χ4v) is 2.96. The van der Waals surface area contributed by atoms with Gasteiger partial charge in [-0.2, -0.15) is 0 Å². The minimum atomic E-state index is -3.52. The summed E-state index contributed by atoms with van der Waals surface area (Å²) in [6.45, 7) is 5.41. The number of likely N-dealkylation sites (N-methyl/N-ethyl adjacent to an activating group) is 1. The number of carbonyl (C=O) groups excluding carboxylic acids is 1. The van der Waals surface area contributed by atoms with Crippen LogP contribution in [-0.4, -0.2) is 50.1 Å². The second-order valence-electron chi connectivity index (χ2n) is 5.50. The number of rotatable bonds is 6. The van der Waals surface area contributed by atoms with Gasteiger partial charge in [-0.15, -0.1) is 0 Å². The zero-order valence-electron chi connectivity index (χ0n) is 12.8. The quantitative estimate of drug-likeness (QED) is 0.814. The third kappa shape index (κ3) is 5.11. The van der Waals surface area contributed by atoms with Gasteiger partial charge in [0.15, 0.2) is 0 Å². The molecule has 0 aliphatic heterocycles. The fraction of sp³-hybridized carbons (Fsp3) is 0.500. The number of aliphatic hydroxyl groups is 1. The summed E-state index contributed by atoms with van der Waals surface area (Å²) in [6, 6.07) is 5.72. The Labute approximate surface area is 125 Å². The van der Waals surface area contributed by atoms with Gasteiger partial charge in [-0.05, 0) is 38.1 Å². The van der Waals surface area contributed by atoms with Gasteiger partial charge in [0.1, 0.15) is 0 Å². The van der Waals surface area contributed by atoms with Gasteiger partial charge in [-0.1, -0.05) is 6.92 Å². The van der Waals surface area contributed by atoms with Crippen LogP contribution >= 0.6 is 0 Å². The molecule has 0 radical (unpaired) electrons. The van der Waals surface area contributed by atoms with Crippen molar-refractivity contribution in [2.75, 3.05) is 20.1 Å². The summed E-state index contributed by atoms with van der Waals surface area (Å²) in [5.74, 6) is -0.274. The second-order valence-corrected chi connectivity index (χ2v) is 7.27. The second kappa shape index (κ2) is 6.55. The van der Waals surface area contributed by atoms with Crippen molar-refractivity contribution in [3.05, 3.63) is 29.8 Å². The van der Waals surface area contributed by atoms with Crippen LogP contribution < -0.4 is 4.72 Å². The summed E-state index contributed by atoms with van der Waals surface area (Å²) < 4.78 is 26.0. The number of nitrogens with one attached hydrogen (secondary N) is 1. The van der Waals surface area contributed by atoms with E-state index in [1.807, 2.05) is 0 Å². The molecule has 2 N–H and O–H groups in total. The van der Waals surface area contributed by atoms with E-state index >= 15 is 0 Å². The van der Waals surface area contributed by atoms with Crippen LogP contribution in [0.15, 0.2) is 29.2 Å². The molecule has 0 spiro atoms. The van der Waals surface area contributed by atoms with Crippen molar-refractivity contribution in [1.29, 1.82) is 0 Å². The molecule has 0 saturated heterocycles. The summed E-state index contributed by atoms with van der Waals surface area (Å²) in [5, 5.41) is 9.71. The highest BCUT2D eigenvalue weighted by molar-refractivity contribution is 7.89. The first-order valence-corrected chi connectivity index (χ1v) is 8.13. The Morgan fingerprint density at radius 1 is 1.29 bits per heavy atom. The third-order valence-corrected chi connectivity index (χ3v) is 4.28. The van der Waals surface area contributed by atoms with Crippen LogP contribution in [0, 0.1) is 0 Å². The molecule has 0 unspecified atom stereocenters.